The fourth-order valence-corrected chi connectivity index (χ4v) is 2.83. The maximum Gasteiger partial charge on any atom is 0.344 e. The molecule has 1 amide bonds. The Labute approximate surface area is 146 Å². The van der Waals surface area contributed by atoms with Crippen LogP contribution < -0.4 is 10.9 Å². The van der Waals surface area contributed by atoms with Gasteiger partial charge in [0, 0.05) is 17.5 Å². The molecule has 1 N–H and O–H groups in total. The van der Waals surface area contributed by atoms with E-state index in [1.54, 1.807) is 12.1 Å². The van der Waals surface area contributed by atoms with Crippen LogP contribution in [0.4, 0.5) is 0 Å². The van der Waals surface area contributed by atoms with Gasteiger partial charge in [-0.25, -0.2) is 4.79 Å². The highest BCUT2D eigenvalue weighted by Gasteiger charge is 2.20. The minimum Gasteiger partial charge on any atom is -0.416 e. The summed E-state index contributed by atoms with van der Waals surface area (Å²) in [6, 6.07) is 15.1. The highest BCUT2D eigenvalue weighted by molar-refractivity contribution is 6.07. The minimum atomic E-state index is -0.493. The van der Waals surface area contributed by atoms with E-state index >= 15 is 0 Å². The first kappa shape index (κ1) is 17.0. The number of carbonyl (C=O) groups is 1. The maximum absolute atomic E-state index is 12.6. The van der Waals surface area contributed by atoms with Gasteiger partial charge in [0.15, 0.2) is 0 Å². The van der Waals surface area contributed by atoms with Crippen molar-refractivity contribution in [3.63, 3.8) is 0 Å². The average Bonchev–Trinajstić information content (AvgIpc) is 2.63. The standard InChI is InChI=1S/C21H21NO3/c1-3-4-13-22-20(23)19-18(15-11-9-14(2)10-12-15)16-7-5-6-8-17(16)21(24)25-19/h5-12H,3-4,13H2,1-2H3,(H,22,23). The third kappa shape index (κ3) is 3.48. The van der Waals surface area contributed by atoms with Gasteiger partial charge >= 0.3 is 5.63 Å². The molecule has 0 saturated carbocycles. The molecule has 0 aliphatic carbocycles. The highest BCUT2D eigenvalue weighted by Crippen LogP contribution is 2.30. The number of amides is 1. The number of benzene rings is 2. The zero-order valence-electron chi connectivity index (χ0n) is 14.5. The second-order valence-corrected chi connectivity index (χ2v) is 6.11. The summed E-state index contributed by atoms with van der Waals surface area (Å²) in [6.45, 7) is 4.62. The summed E-state index contributed by atoms with van der Waals surface area (Å²) < 4.78 is 5.43. The first-order chi connectivity index (χ1) is 12.1. The number of nitrogens with one attached hydrogen (secondary N) is 1. The molecule has 2 aromatic carbocycles. The van der Waals surface area contributed by atoms with Crippen LogP contribution in [0.2, 0.25) is 0 Å². The van der Waals surface area contributed by atoms with Crippen LogP contribution in [-0.4, -0.2) is 12.5 Å². The van der Waals surface area contributed by atoms with E-state index in [-0.39, 0.29) is 11.7 Å². The van der Waals surface area contributed by atoms with Crippen LogP contribution >= 0.6 is 0 Å². The molecule has 1 heterocycles. The molecule has 4 nitrogen and oxygen atoms in total. The summed E-state index contributed by atoms with van der Waals surface area (Å²) in [5, 5.41) is 4.04. The van der Waals surface area contributed by atoms with Crippen molar-refractivity contribution in [1.82, 2.24) is 5.32 Å². The second kappa shape index (κ2) is 7.34. The molecule has 3 rings (SSSR count). The number of fused-ring (bicyclic) bond motifs is 1. The van der Waals surface area contributed by atoms with Gasteiger partial charge in [-0.2, -0.15) is 0 Å². The summed E-state index contributed by atoms with van der Waals surface area (Å²) in [6.07, 6.45) is 1.86. The van der Waals surface area contributed by atoms with Crippen molar-refractivity contribution in [3.8, 4) is 11.1 Å². The number of carbonyl (C=O) groups excluding carboxylic acids is 1. The monoisotopic (exact) mass is 335 g/mol. The number of unbranched alkanes of at least 4 members (excludes halogenated alkanes) is 1. The van der Waals surface area contributed by atoms with E-state index in [0.717, 1.165) is 29.4 Å². The Kier molecular flexibility index (Phi) is 4.98. The lowest BCUT2D eigenvalue weighted by molar-refractivity contribution is 0.0922. The third-order valence-electron chi connectivity index (χ3n) is 4.20. The Morgan fingerprint density at radius 1 is 1.04 bits per heavy atom. The van der Waals surface area contributed by atoms with Crippen molar-refractivity contribution in [2.24, 2.45) is 0 Å². The molecule has 4 heteroatoms. The van der Waals surface area contributed by atoms with Gasteiger partial charge in [-0.05, 0) is 25.0 Å². The van der Waals surface area contributed by atoms with Crippen molar-refractivity contribution in [3.05, 3.63) is 70.3 Å². The molecule has 25 heavy (non-hydrogen) atoms. The maximum atomic E-state index is 12.6. The Hall–Kier alpha value is -2.88. The summed E-state index contributed by atoms with van der Waals surface area (Å²) >= 11 is 0. The highest BCUT2D eigenvalue weighted by atomic mass is 16.4. The molecular formula is C21H21NO3. The molecule has 0 unspecified atom stereocenters. The Morgan fingerprint density at radius 2 is 1.72 bits per heavy atom. The molecule has 0 aliphatic rings. The smallest absolute Gasteiger partial charge is 0.344 e. The van der Waals surface area contributed by atoms with Crippen LogP contribution in [0.1, 0.15) is 35.9 Å². The average molecular weight is 335 g/mol. The summed E-state index contributed by atoms with van der Waals surface area (Å²) in [5.74, 6) is -0.282. The van der Waals surface area contributed by atoms with E-state index in [1.807, 2.05) is 43.3 Å². The molecule has 1 aromatic heterocycles. The van der Waals surface area contributed by atoms with E-state index in [1.165, 1.54) is 0 Å². The van der Waals surface area contributed by atoms with Gasteiger partial charge in [0.25, 0.3) is 5.91 Å². The van der Waals surface area contributed by atoms with E-state index in [2.05, 4.69) is 12.2 Å². The third-order valence-corrected chi connectivity index (χ3v) is 4.20. The zero-order chi connectivity index (χ0) is 17.8. The van der Waals surface area contributed by atoms with E-state index in [9.17, 15) is 9.59 Å². The van der Waals surface area contributed by atoms with E-state index in [4.69, 9.17) is 4.42 Å². The normalized spacial score (nSPS) is 10.8. The van der Waals surface area contributed by atoms with Crippen LogP contribution in [0.5, 0.6) is 0 Å². The molecule has 0 spiro atoms. The van der Waals surface area contributed by atoms with Crippen molar-refractivity contribution >= 4 is 16.7 Å². The van der Waals surface area contributed by atoms with Crippen LogP contribution in [-0.2, 0) is 0 Å². The minimum absolute atomic E-state index is 0.0728. The molecule has 0 fully saturated rings. The molecule has 0 aliphatic heterocycles. The lowest BCUT2D eigenvalue weighted by Gasteiger charge is -2.12. The van der Waals surface area contributed by atoms with Crippen LogP contribution in [0.3, 0.4) is 0 Å². The fraction of sp³-hybridized carbons (Fsp3) is 0.238. The van der Waals surface area contributed by atoms with E-state index < -0.39 is 5.63 Å². The van der Waals surface area contributed by atoms with E-state index in [0.29, 0.717) is 17.5 Å². The largest absolute Gasteiger partial charge is 0.416 e. The van der Waals surface area contributed by atoms with Crippen LogP contribution in [0.15, 0.2) is 57.7 Å². The van der Waals surface area contributed by atoms with Crippen LogP contribution in [0.25, 0.3) is 21.9 Å². The number of hydrogen-bond donors (Lipinski definition) is 1. The van der Waals surface area contributed by atoms with Gasteiger partial charge in [-0.15, -0.1) is 0 Å². The SMILES string of the molecule is CCCCNC(=O)c1oc(=O)c2ccccc2c1-c1ccc(C)cc1. The van der Waals surface area contributed by atoms with Gasteiger partial charge < -0.3 is 9.73 Å². The molecule has 0 radical (unpaired) electrons. The predicted molar refractivity (Wildman–Crippen MR) is 99.9 cm³/mol. The molecule has 3 aromatic rings. The van der Waals surface area contributed by atoms with Crippen molar-refractivity contribution in [2.45, 2.75) is 26.7 Å². The first-order valence-electron chi connectivity index (χ1n) is 8.53. The summed E-state index contributed by atoms with van der Waals surface area (Å²) in [7, 11) is 0. The fourth-order valence-electron chi connectivity index (χ4n) is 2.83. The Bertz CT molecular complexity index is 955. The number of aryl methyl sites for hydroxylation is 1. The molecule has 0 saturated heterocycles. The van der Waals surface area contributed by atoms with Gasteiger partial charge in [0.1, 0.15) is 0 Å². The van der Waals surface area contributed by atoms with Gasteiger partial charge in [-0.1, -0.05) is 61.4 Å². The molecule has 0 atom stereocenters. The topological polar surface area (TPSA) is 59.3 Å². The lowest BCUT2D eigenvalue weighted by Crippen LogP contribution is -2.26. The number of hydrogen-bond acceptors (Lipinski definition) is 3. The molecule has 0 bridgehead atoms. The Morgan fingerprint density at radius 3 is 2.40 bits per heavy atom. The predicted octanol–water partition coefficient (Wildman–Crippen LogP) is 4.30. The van der Waals surface area contributed by atoms with Crippen molar-refractivity contribution < 1.29 is 9.21 Å². The second-order valence-electron chi connectivity index (χ2n) is 6.11. The van der Waals surface area contributed by atoms with Gasteiger partial charge in [0.2, 0.25) is 5.76 Å². The van der Waals surface area contributed by atoms with Gasteiger partial charge in [0.05, 0.1) is 5.39 Å². The molecular weight excluding hydrogens is 314 g/mol. The first-order valence-corrected chi connectivity index (χ1v) is 8.53. The van der Waals surface area contributed by atoms with Crippen molar-refractivity contribution in [2.75, 3.05) is 6.54 Å². The zero-order valence-corrected chi connectivity index (χ0v) is 14.5. The number of rotatable bonds is 5. The molecule has 128 valence electrons. The quantitative estimate of drug-likeness (QED) is 0.707. The summed E-state index contributed by atoms with van der Waals surface area (Å²) in [4.78, 5) is 25.0. The lowest BCUT2D eigenvalue weighted by atomic mass is 9.97. The van der Waals surface area contributed by atoms with Crippen molar-refractivity contribution in [1.29, 1.82) is 0 Å². The van der Waals surface area contributed by atoms with Gasteiger partial charge in [-0.3, -0.25) is 4.79 Å². The Balaban J connectivity index is 2.21. The summed E-state index contributed by atoms with van der Waals surface area (Å²) in [5.41, 5.74) is 2.14. The van der Waals surface area contributed by atoms with Crippen LogP contribution in [0, 0.1) is 6.92 Å².